The molecule has 44 heavy (non-hydrogen) atoms. The van der Waals surface area contributed by atoms with Crippen LogP contribution in [0.15, 0.2) is 109 Å². The molecule has 2 aromatic heterocycles. The van der Waals surface area contributed by atoms with Gasteiger partial charge in [0.15, 0.2) is 0 Å². The Balaban J connectivity index is 1.56. The molecule has 6 rings (SSSR count). The Morgan fingerprint density at radius 2 is 1.57 bits per heavy atom. The molecule has 224 valence electrons. The first-order chi connectivity index (χ1) is 21.4. The Labute approximate surface area is 259 Å². The molecule has 0 spiro atoms. The van der Waals surface area contributed by atoms with E-state index in [2.05, 4.69) is 90.8 Å². The maximum Gasteiger partial charge on any atom is 0.217 e. The number of rotatable bonds is 11. The van der Waals surface area contributed by atoms with Crippen LogP contribution >= 0.6 is 0 Å². The van der Waals surface area contributed by atoms with Crippen molar-refractivity contribution in [2.75, 3.05) is 27.7 Å². The van der Waals surface area contributed by atoms with Gasteiger partial charge in [-0.15, -0.1) is 0 Å². The largest absolute Gasteiger partial charge is 0.481 e. The smallest absolute Gasteiger partial charge is 0.217 e. The quantitative estimate of drug-likeness (QED) is 0.159. The van der Waals surface area contributed by atoms with Gasteiger partial charge in [0, 0.05) is 35.7 Å². The van der Waals surface area contributed by atoms with E-state index >= 15 is 0 Å². The molecule has 2 heterocycles. The molecule has 0 aliphatic heterocycles. The summed E-state index contributed by atoms with van der Waals surface area (Å²) in [7, 11) is 7.77. The second-order valence-corrected chi connectivity index (χ2v) is 12.0. The Kier molecular flexibility index (Phi) is 8.47. The molecule has 0 radical (unpaired) electrons. The second kappa shape index (κ2) is 12.6. The van der Waals surface area contributed by atoms with Crippen LogP contribution in [-0.4, -0.2) is 52.5 Å². The molecule has 0 fully saturated rings. The van der Waals surface area contributed by atoms with Gasteiger partial charge in [0.1, 0.15) is 5.60 Å². The minimum atomic E-state index is -1.25. The summed E-state index contributed by atoms with van der Waals surface area (Å²) >= 11 is 0. The number of nitrogens with zero attached hydrogens (tertiary/aromatic N) is 4. The number of methoxy groups -OCH3 is 1. The number of aromatic nitrogens is 3. The van der Waals surface area contributed by atoms with Crippen LogP contribution in [0.5, 0.6) is 5.88 Å². The summed E-state index contributed by atoms with van der Waals surface area (Å²) in [6.45, 7) is 0.957. The van der Waals surface area contributed by atoms with Gasteiger partial charge < -0.3 is 14.7 Å². The van der Waals surface area contributed by atoms with E-state index in [0.717, 1.165) is 68.9 Å². The predicted molar refractivity (Wildman–Crippen MR) is 179 cm³/mol. The normalized spacial score (nSPS) is 13.8. The van der Waals surface area contributed by atoms with E-state index in [1.165, 1.54) is 0 Å². The molecule has 0 saturated carbocycles. The number of unbranched alkanes of at least 4 members (excludes halogenated alkanes) is 1. The van der Waals surface area contributed by atoms with E-state index in [-0.39, 0.29) is 0 Å². The minimum absolute atomic E-state index is 0.446. The van der Waals surface area contributed by atoms with Crippen molar-refractivity contribution in [2.24, 2.45) is 7.05 Å². The average molecular weight is 585 g/mol. The van der Waals surface area contributed by atoms with Gasteiger partial charge in [-0.2, -0.15) is 5.10 Å². The summed E-state index contributed by atoms with van der Waals surface area (Å²) in [6, 6.07) is 33.4. The van der Waals surface area contributed by atoms with E-state index in [1.807, 2.05) is 54.5 Å². The number of fused-ring (bicyclic) bond motifs is 2. The Morgan fingerprint density at radius 1 is 0.841 bits per heavy atom. The molecule has 6 nitrogen and oxygen atoms in total. The van der Waals surface area contributed by atoms with Crippen LogP contribution in [0.1, 0.15) is 41.9 Å². The van der Waals surface area contributed by atoms with Crippen LogP contribution in [0.3, 0.4) is 0 Å². The number of ether oxygens (including phenoxy) is 1. The van der Waals surface area contributed by atoms with Gasteiger partial charge in [-0.05, 0) is 85.6 Å². The van der Waals surface area contributed by atoms with Gasteiger partial charge >= 0.3 is 0 Å². The second-order valence-electron chi connectivity index (χ2n) is 12.0. The van der Waals surface area contributed by atoms with Crippen LogP contribution in [0.4, 0.5) is 0 Å². The Morgan fingerprint density at radius 3 is 2.27 bits per heavy atom. The standard InChI is InChI=1S/C38H40N4O2/c1-41(2)22-10-9-21-38(43,33-20-19-27-11-5-6-12-30(27)23-33)36(29-17-15-28(16-18-29)32-25-39-42(3)26-32)34-24-31-13-7-8-14-35(31)40-37(34)44-4/h5-8,11-20,23-26,36,43H,9-10,21-22H2,1-4H3. The van der Waals surface area contributed by atoms with Gasteiger partial charge in [-0.3, -0.25) is 4.68 Å². The average Bonchev–Trinajstić information content (AvgIpc) is 3.49. The third-order valence-corrected chi connectivity index (χ3v) is 8.64. The first-order valence-corrected chi connectivity index (χ1v) is 15.2. The number of pyridine rings is 1. The van der Waals surface area contributed by atoms with Crippen LogP contribution in [0.2, 0.25) is 0 Å². The van der Waals surface area contributed by atoms with Crippen LogP contribution in [0.25, 0.3) is 32.8 Å². The number of aryl methyl sites for hydroxylation is 1. The molecule has 4 aromatic carbocycles. The van der Waals surface area contributed by atoms with Crippen molar-refractivity contribution in [3.8, 4) is 17.0 Å². The van der Waals surface area contributed by atoms with Crippen LogP contribution < -0.4 is 4.74 Å². The zero-order chi connectivity index (χ0) is 30.7. The van der Waals surface area contributed by atoms with Crippen molar-refractivity contribution in [2.45, 2.75) is 30.8 Å². The maximum absolute atomic E-state index is 13.2. The maximum atomic E-state index is 13.2. The topological polar surface area (TPSA) is 63.4 Å². The number of benzene rings is 4. The zero-order valence-corrected chi connectivity index (χ0v) is 25.9. The summed E-state index contributed by atoms with van der Waals surface area (Å²) < 4.78 is 7.78. The fourth-order valence-electron chi connectivity index (χ4n) is 6.37. The van der Waals surface area contributed by atoms with Crippen molar-refractivity contribution < 1.29 is 9.84 Å². The highest BCUT2D eigenvalue weighted by molar-refractivity contribution is 5.84. The van der Waals surface area contributed by atoms with Crippen LogP contribution in [0, 0.1) is 0 Å². The Bertz CT molecular complexity index is 1880. The lowest BCUT2D eigenvalue weighted by Gasteiger charge is -2.38. The third kappa shape index (κ3) is 5.96. The van der Waals surface area contributed by atoms with Crippen molar-refractivity contribution in [3.63, 3.8) is 0 Å². The molecule has 0 amide bonds. The lowest BCUT2D eigenvalue weighted by molar-refractivity contribution is 0.00691. The highest BCUT2D eigenvalue weighted by Crippen LogP contribution is 2.48. The summed E-state index contributed by atoms with van der Waals surface area (Å²) in [5, 5.41) is 20.9. The van der Waals surface area contributed by atoms with E-state index in [9.17, 15) is 5.11 Å². The molecule has 6 aromatic rings. The molecule has 2 unspecified atom stereocenters. The van der Waals surface area contributed by atoms with E-state index in [4.69, 9.17) is 9.72 Å². The van der Waals surface area contributed by atoms with E-state index < -0.39 is 11.5 Å². The molecule has 0 saturated heterocycles. The first-order valence-electron chi connectivity index (χ1n) is 15.2. The summed E-state index contributed by atoms with van der Waals surface area (Å²) in [5.41, 5.74) is 4.48. The van der Waals surface area contributed by atoms with Gasteiger partial charge in [0.25, 0.3) is 0 Å². The van der Waals surface area contributed by atoms with Gasteiger partial charge in [0.2, 0.25) is 5.88 Å². The molecule has 6 heteroatoms. The monoisotopic (exact) mass is 584 g/mol. The molecule has 2 atom stereocenters. The SMILES string of the molecule is COc1nc2ccccc2cc1C(c1ccc(-c2cnn(C)c2)cc1)C(O)(CCCCN(C)C)c1ccc2ccccc2c1. The number of aliphatic hydroxyl groups is 1. The summed E-state index contributed by atoms with van der Waals surface area (Å²) in [5.74, 6) is 0.0792. The third-order valence-electron chi connectivity index (χ3n) is 8.64. The lowest BCUT2D eigenvalue weighted by Crippen LogP contribution is -2.35. The van der Waals surface area contributed by atoms with Gasteiger partial charge in [-0.25, -0.2) is 4.98 Å². The van der Waals surface area contributed by atoms with Crippen molar-refractivity contribution in [3.05, 3.63) is 126 Å². The number of hydrogen-bond donors (Lipinski definition) is 1. The van der Waals surface area contributed by atoms with Gasteiger partial charge in [-0.1, -0.05) is 78.9 Å². The Hall–Kier alpha value is -4.52. The highest BCUT2D eigenvalue weighted by atomic mass is 16.5. The fraction of sp³-hybridized carbons (Fsp3) is 0.263. The van der Waals surface area contributed by atoms with Crippen LogP contribution in [-0.2, 0) is 12.6 Å². The highest BCUT2D eigenvalue weighted by Gasteiger charge is 2.42. The number of para-hydroxylation sites is 1. The molecule has 0 aliphatic carbocycles. The molecular formula is C38H40N4O2. The predicted octanol–water partition coefficient (Wildman–Crippen LogP) is 7.55. The van der Waals surface area contributed by atoms with Crippen molar-refractivity contribution >= 4 is 21.7 Å². The fourth-order valence-corrected chi connectivity index (χ4v) is 6.37. The minimum Gasteiger partial charge on any atom is -0.481 e. The van der Waals surface area contributed by atoms with Crippen molar-refractivity contribution in [1.82, 2.24) is 19.7 Å². The first kappa shape index (κ1) is 29.5. The molecule has 0 aliphatic rings. The van der Waals surface area contributed by atoms with Crippen molar-refractivity contribution in [1.29, 1.82) is 0 Å². The zero-order valence-electron chi connectivity index (χ0n) is 25.9. The number of hydrogen-bond acceptors (Lipinski definition) is 5. The van der Waals surface area contributed by atoms with E-state index in [1.54, 1.807) is 7.11 Å². The summed E-state index contributed by atoms with van der Waals surface area (Å²) in [6.07, 6.45) is 6.29. The lowest BCUT2D eigenvalue weighted by atomic mass is 9.70. The summed E-state index contributed by atoms with van der Waals surface area (Å²) in [4.78, 5) is 7.13. The molecular weight excluding hydrogens is 544 g/mol. The molecule has 0 bridgehead atoms. The van der Waals surface area contributed by atoms with Gasteiger partial charge in [0.05, 0.1) is 18.8 Å². The van der Waals surface area contributed by atoms with E-state index in [0.29, 0.717) is 12.3 Å². The molecule has 1 N–H and O–H groups in total.